The van der Waals surface area contributed by atoms with Crippen LogP contribution >= 0.6 is 0 Å². The molecule has 8 nitrogen and oxygen atoms in total. The fourth-order valence-electron chi connectivity index (χ4n) is 5.15. The number of hydrogen-bond acceptors (Lipinski definition) is 6. The molecule has 0 N–H and O–H groups in total. The second-order valence-corrected chi connectivity index (χ2v) is 9.99. The summed E-state index contributed by atoms with van der Waals surface area (Å²) >= 11 is 0. The minimum atomic E-state index is -0.378. The number of carbonyl (C=O) groups excluding carboxylic acids is 4. The van der Waals surface area contributed by atoms with Crippen LogP contribution in [0.25, 0.3) is 0 Å². The van der Waals surface area contributed by atoms with E-state index in [-0.39, 0.29) is 29.5 Å². The third-order valence-corrected chi connectivity index (χ3v) is 7.21. The average molecular weight is 571 g/mol. The molecule has 2 aliphatic rings. The van der Waals surface area contributed by atoms with Crippen LogP contribution in [0.4, 0.5) is 11.4 Å². The topological polar surface area (TPSA) is 93.2 Å². The first-order valence-corrected chi connectivity index (χ1v) is 13.8. The number of carbonyl (C=O) groups is 4. The van der Waals surface area contributed by atoms with Crippen LogP contribution in [-0.2, 0) is 19.2 Å². The summed E-state index contributed by atoms with van der Waals surface area (Å²) in [6, 6.07) is 29.4. The molecular formula is C35H26N2O6. The highest BCUT2D eigenvalue weighted by molar-refractivity contribution is 6.28. The summed E-state index contributed by atoms with van der Waals surface area (Å²) in [4.78, 5) is 50.3. The number of amides is 4. The molecular weight excluding hydrogens is 544 g/mol. The van der Waals surface area contributed by atoms with Gasteiger partial charge in [0.15, 0.2) is 0 Å². The molecule has 0 unspecified atom stereocenters. The van der Waals surface area contributed by atoms with Crippen LogP contribution in [0.5, 0.6) is 23.0 Å². The van der Waals surface area contributed by atoms with Gasteiger partial charge in [-0.3, -0.25) is 19.2 Å². The van der Waals surface area contributed by atoms with E-state index in [1.807, 2.05) is 48.5 Å². The quantitative estimate of drug-likeness (QED) is 0.209. The lowest BCUT2D eigenvalue weighted by atomic mass is 9.89. The Kier molecular flexibility index (Phi) is 7.41. The van der Waals surface area contributed by atoms with Crippen LogP contribution in [0.1, 0.15) is 30.4 Å². The summed E-state index contributed by atoms with van der Waals surface area (Å²) in [5.41, 5.74) is 3.15. The second kappa shape index (κ2) is 11.6. The number of nitrogens with zero attached hydrogens (tertiary/aromatic N) is 2. The molecule has 4 amide bonds. The first-order chi connectivity index (χ1) is 20.9. The Balaban J connectivity index is 1.12. The van der Waals surface area contributed by atoms with Gasteiger partial charge in [0.25, 0.3) is 23.6 Å². The van der Waals surface area contributed by atoms with Gasteiger partial charge >= 0.3 is 0 Å². The number of hydrogen-bond donors (Lipinski definition) is 0. The van der Waals surface area contributed by atoms with Crippen molar-refractivity contribution in [2.75, 3.05) is 9.80 Å². The van der Waals surface area contributed by atoms with Gasteiger partial charge in [-0.05, 0) is 66.1 Å². The molecule has 212 valence electrons. The van der Waals surface area contributed by atoms with E-state index in [0.29, 0.717) is 34.4 Å². The van der Waals surface area contributed by atoms with E-state index >= 15 is 0 Å². The van der Waals surface area contributed by atoms with Crippen molar-refractivity contribution in [3.8, 4) is 23.0 Å². The molecule has 0 saturated heterocycles. The zero-order valence-corrected chi connectivity index (χ0v) is 23.2. The highest BCUT2D eigenvalue weighted by Gasteiger charge is 2.26. The molecule has 2 aliphatic heterocycles. The lowest BCUT2D eigenvalue weighted by Crippen LogP contribution is -2.29. The molecule has 2 heterocycles. The van der Waals surface area contributed by atoms with E-state index in [1.165, 1.54) is 24.3 Å². The standard InChI is InChI=1S/C35H26N2O6/c1-2-31(23-9-13-27(14-10-23)42-29-7-3-5-25(21-29)36-32(38)17-18-33(36)39)24-11-15-28(16-12-24)43-30-8-4-6-26(22-30)37-34(40)19-20-35(37)41/h3-22,31H,2H2,1H3. The third-order valence-electron chi connectivity index (χ3n) is 7.21. The minimum Gasteiger partial charge on any atom is -0.457 e. The van der Waals surface area contributed by atoms with Crippen molar-refractivity contribution >= 4 is 35.0 Å². The van der Waals surface area contributed by atoms with E-state index in [9.17, 15) is 19.2 Å². The Morgan fingerprint density at radius 1 is 0.512 bits per heavy atom. The number of ether oxygens (including phenoxy) is 2. The predicted octanol–water partition coefficient (Wildman–Crippen LogP) is 6.67. The highest BCUT2D eigenvalue weighted by atomic mass is 16.5. The van der Waals surface area contributed by atoms with Crippen LogP contribution in [0, 0.1) is 0 Å². The van der Waals surface area contributed by atoms with E-state index in [0.717, 1.165) is 27.3 Å². The van der Waals surface area contributed by atoms with Crippen molar-refractivity contribution in [1.29, 1.82) is 0 Å². The van der Waals surface area contributed by atoms with Gasteiger partial charge in [-0.1, -0.05) is 43.3 Å². The molecule has 43 heavy (non-hydrogen) atoms. The van der Waals surface area contributed by atoms with E-state index in [1.54, 1.807) is 48.5 Å². The zero-order chi connectivity index (χ0) is 29.9. The summed E-state index contributed by atoms with van der Waals surface area (Å²) in [7, 11) is 0. The molecule has 0 spiro atoms. The van der Waals surface area contributed by atoms with Gasteiger partial charge in [0.2, 0.25) is 0 Å². The van der Waals surface area contributed by atoms with Crippen LogP contribution in [-0.4, -0.2) is 23.6 Å². The Bertz CT molecular complexity index is 1620. The fraction of sp³-hybridized carbons (Fsp3) is 0.0857. The van der Waals surface area contributed by atoms with Gasteiger partial charge in [0, 0.05) is 42.4 Å². The Hall–Kier alpha value is -5.76. The van der Waals surface area contributed by atoms with Crippen molar-refractivity contribution in [2.45, 2.75) is 19.3 Å². The number of anilines is 2. The zero-order valence-electron chi connectivity index (χ0n) is 23.2. The van der Waals surface area contributed by atoms with Crippen molar-refractivity contribution in [2.24, 2.45) is 0 Å². The molecule has 8 heteroatoms. The second-order valence-electron chi connectivity index (χ2n) is 9.99. The number of rotatable bonds is 9. The van der Waals surface area contributed by atoms with Crippen LogP contribution in [0.3, 0.4) is 0 Å². The lowest BCUT2D eigenvalue weighted by molar-refractivity contribution is -0.121. The van der Waals surface area contributed by atoms with E-state index in [2.05, 4.69) is 6.92 Å². The minimum absolute atomic E-state index is 0.147. The molecule has 0 atom stereocenters. The van der Waals surface area contributed by atoms with Crippen molar-refractivity contribution in [3.63, 3.8) is 0 Å². The Morgan fingerprint density at radius 3 is 1.23 bits per heavy atom. The molecule has 0 saturated carbocycles. The maximum Gasteiger partial charge on any atom is 0.258 e. The summed E-state index contributed by atoms with van der Waals surface area (Å²) < 4.78 is 12.0. The van der Waals surface area contributed by atoms with Crippen molar-refractivity contribution in [3.05, 3.63) is 132 Å². The van der Waals surface area contributed by atoms with E-state index in [4.69, 9.17) is 9.47 Å². The maximum absolute atomic E-state index is 12.0. The smallest absolute Gasteiger partial charge is 0.258 e. The largest absolute Gasteiger partial charge is 0.457 e. The number of benzene rings is 4. The molecule has 0 aliphatic carbocycles. The fourth-order valence-corrected chi connectivity index (χ4v) is 5.15. The van der Waals surface area contributed by atoms with Crippen LogP contribution in [0.2, 0.25) is 0 Å². The maximum atomic E-state index is 12.0. The lowest BCUT2D eigenvalue weighted by Gasteiger charge is -2.18. The van der Waals surface area contributed by atoms with Crippen LogP contribution in [0.15, 0.2) is 121 Å². The number of imide groups is 2. The van der Waals surface area contributed by atoms with Gasteiger partial charge < -0.3 is 9.47 Å². The molecule has 0 bridgehead atoms. The summed E-state index contributed by atoms with van der Waals surface area (Å²) in [5.74, 6) is 0.928. The van der Waals surface area contributed by atoms with Gasteiger partial charge in [-0.15, -0.1) is 0 Å². The van der Waals surface area contributed by atoms with Crippen molar-refractivity contribution < 1.29 is 28.7 Å². The first kappa shape index (κ1) is 27.4. The highest BCUT2D eigenvalue weighted by Crippen LogP contribution is 2.34. The first-order valence-electron chi connectivity index (χ1n) is 13.8. The van der Waals surface area contributed by atoms with Gasteiger partial charge in [0.05, 0.1) is 11.4 Å². The Morgan fingerprint density at radius 2 is 0.884 bits per heavy atom. The van der Waals surface area contributed by atoms with Crippen molar-refractivity contribution in [1.82, 2.24) is 0 Å². The molecule has 4 aromatic rings. The molecule has 0 fully saturated rings. The third kappa shape index (κ3) is 5.71. The average Bonchev–Trinajstić information content (AvgIpc) is 3.54. The van der Waals surface area contributed by atoms with Crippen LogP contribution < -0.4 is 19.3 Å². The van der Waals surface area contributed by atoms with E-state index < -0.39 is 0 Å². The normalized spacial score (nSPS) is 14.4. The Labute approximate surface area is 248 Å². The summed E-state index contributed by atoms with van der Waals surface area (Å²) in [6.07, 6.45) is 5.88. The summed E-state index contributed by atoms with van der Waals surface area (Å²) in [6.45, 7) is 2.13. The monoisotopic (exact) mass is 570 g/mol. The predicted molar refractivity (Wildman–Crippen MR) is 161 cm³/mol. The SMILES string of the molecule is CCC(c1ccc(Oc2cccc(N3C(=O)C=CC3=O)c2)cc1)c1ccc(Oc2cccc(N3C(=O)C=CC3=O)c2)cc1. The molecule has 0 aromatic heterocycles. The van der Waals surface area contributed by atoms with Gasteiger partial charge in [-0.2, -0.15) is 0 Å². The van der Waals surface area contributed by atoms with Gasteiger partial charge in [-0.25, -0.2) is 9.80 Å². The van der Waals surface area contributed by atoms with Gasteiger partial charge in [0.1, 0.15) is 23.0 Å². The summed E-state index contributed by atoms with van der Waals surface area (Å²) in [5, 5.41) is 0. The molecule has 0 radical (unpaired) electrons. The molecule has 4 aromatic carbocycles. The molecule has 6 rings (SSSR count).